The number of carbonyl (C=O) groups is 1. The quantitative estimate of drug-likeness (QED) is 0.521. The van der Waals surface area contributed by atoms with Crippen molar-refractivity contribution in [2.75, 3.05) is 4.90 Å². The van der Waals surface area contributed by atoms with Crippen molar-refractivity contribution in [2.45, 2.75) is 19.9 Å². The molecule has 1 amide bonds. The van der Waals surface area contributed by atoms with Crippen molar-refractivity contribution in [3.05, 3.63) is 76.0 Å². The van der Waals surface area contributed by atoms with Crippen molar-refractivity contribution < 1.29 is 4.79 Å². The van der Waals surface area contributed by atoms with Crippen LogP contribution in [0.4, 0.5) is 10.8 Å². The number of fused-ring (bicyclic) bond motifs is 1. The first-order valence-electron chi connectivity index (χ1n) is 8.76. The lowest BCUT2D eigenvalue weighted by atomic mass is 10.2. The first-order chi connectivity index (χ1) is 13.6. The maximum Gasteiger partial charge on any atom is 0.277 e. The van der Waals surface area contributed by atoms with Gasteiger partial charge in [0.2, 0.25) is 5.91 Å². The topological polar surface area (TPSA) is 81.0 Å². The Bertz CT molecular complexity index is 1190. The summed E-state index contributed by atoms with van der Waals surface area (Å²) in [5.74, 6) is -0.164. The van der Waals surface area contributed by atoms with E-state index in [-0.39, 0.29) is 24.4 Å². The highest BCUT2D eigenvalue weighted by molar-refractivity contribution is 7.14. The van der Waals surface area contributed by atoms with E-state index in [9.17, 15) is 9.59 Å². The molecule has 0 spiro atoms. The minimum Gasteiger partial charge on any atom is -0.274 e. The van der Waals surface area contributed by atoms with Gasteiger partial charge in [-0.3, -0.25) is 14.5 Å². The number of aromatic nitrogens is 4. The summed E-state index contributed by atoms with van der Waals surface area (Å²) in [6.45, 7) is 2.03. The van der Waals surface area contributed by atoms with Crippen LogP contribution in [0.2, 0.25) is 0 Å². The Morgan fingerprint density at radius 3 is 2.61 bits per heavy atom. The van der Waals surface area contributed by atoms with Gasteiger partial charge in [-0.2, -0.15) is 0 Å². The molecule has 8 heteroatoms. The van der Waals surface area contributed by atoms with E-state index >= 15 is 0 Å². The minimum absolute atomic E-state index is 0.0977. The Hall–Kier alpha value is -3.39. The summed E-state index contributed by atoms with van der Waals surface area (Å²) in [6, 6.07) is 16.4. The fourth-order valence-corrected chi connectivity index (χ4v) is 3.70. The van der Waals surface area contributed by atoms with Crippen molar-refractivity contribution in [3.63, 3.8) is 0 Å². The number of nitrogens with zero attached hydrogens (tertiary/aromatic N) is 5. The number of aryl methyl sites for hydroxylation is 2. The van der Waals surface area contributed by atoms with Gasteiger partial charge in [0.25, 0.3) is 5.56 Å². The molecule has 0 saturated carbocycles. The van der Waals surface area contributed by atoms with Crippen LogP contribution < -0.4 is 10.5 Å². The summed E-state index contributed by atoms with van der Waals surface area (Å²) in [4.78, 5) is 31.6. The van der Waals surface area contributed by atoms with Gasteiger partial charge in [0.1, 0.15) is 5.52 Å². The zero-order valence-electron chi connectivity index (χ0n) is 15.1. The number of benzene rings is 2. The summed E-state index contributed by atoms with van der Waals surface area (Å²) in [7, 11) is 0. The van der Waals surface area contributed by atoms with Crippen LogP contribution in [0.15, 0.2) is 64.8 Å². The number of hydrogen-bond acceptors (Lipinski definition) is 6. The zero-order chi connectivity index (χ0) is 19.5. The highest BCUT2D eigenvalue weighted by atomic mass is 32.1. The number of carbonyl (C=O) groups excluding carboxylic acids is 1. The summed E-state index contributed by atoms with van der Waals surface area (Å²) in [6.07, 6.45) is 0.0977. The largest absolute Gasteiger partial charge is 0.277 e. The van der Waals surface area contributed by atoms with Gasteiger partial charge in [0, 0.05) is 11.8 Å². The molecule has 2 heterocycles. The van der Waals surface area contributed by atoms with E-state index in [1.54, 1.807) is 29.2 Å². The van der Waals surface area contributed by atoms with E-state index in [1.165, 1.54) is 16.0 Å². The van der Waals surface area contributed by atoms with Crippen LogP contribution in [0.3, 0.4) is 0 Å². The van der Waals surface area contributed by atoms with Gasteiger partial charge in [-0.15, -0.1) is 16.4 Å². The van der Waals surface area contributed by atoms with Crippen LogP contribution >= 0.6 is 11.3 Å². The van der Waals surface area contributed by atoms with Gasteiger partial charge in [0.15, 0.2) is 5.13 Å². The summed E-state index contributed by atoms with van der Waals surface area (Å²) >= 11 is 1.40. The lowest BCUT2D eigenvalue weighted by Gasteiger charge is -2.20. The molecule has 0 unspecified atom stereocenters. The second kappa shape index (κ2) is 7.69. The first kappa shape index (κ1) is 18.0. The van der Waals surface area contributed by atoms with Gasteiger partial charge in [-0.25, -0.2) is 9.67 Å². The van der Waals surface area contributed by atoms with E-state index in [0.29, 0.717) is 16.0 Å². The van der Waals surface area contributed by atoms with Gasteiger partial charge in [-0.1, -0.05) is 35.5 Å². The fourth-order valence-electron chi connectivity index (χ4n) is 2.87. The third kappa shape index (κ3) is 3.54. The Balaban J connectivity index is 1.60. The van der Waals surface area contributed by atoms with Crippen molar-refractivity contribution in [3.8, 4) is 0 Å². The highest BCUT2D eigenvalue weighted by Gasteiger charge is 2.21. The third-order valence-electron chi connectivity index (χ3n) is 4.23. The molecule has 0 fully saturated rings. The maximum atomic E-state index is 13.0. The molecular weight excluding hydrogens is 374 g/mol. The van der Waals surface area contributed by atoms with Gasteiger partial charge >= 0.3 is 0 Å². The Morgan fingerprint density at radius 1 is 1.11 bits per heavy atom. The molecule has 2 aromatic heterocycles. The van der Waals surface area contributed by atoms with E-state index in [0.717, 1.165) is 11.4 Å². The van der Waals surface area contributed by atoms with Crippen LogP contribution in [0.5, 0.6) is 0 Å². The van der Waals surface area contributed by atoms with E-state index < -0.39 is 0 Å². The summed E-state index contributed by atoms with van der Waals surface area (Å²) < 4.78 is 1.23. The molecule has 0 aliphatic heterocycles. The van der Waals surface area contributed by atoms with Crippen molar-refractivity contribution in [1.82, 2.24) is 20.0 Å². The highest BCUT2D eigenvalue weighted by Crippen LogP contribution is 2.29. The zero-order valence-corrected chi connectivity index (χ0v) is 16.0. The molecule has 0 aliphatic rings. The van der Waals surface area contributed by atoms with Crippen LogP contribution in [0, 0.1) is 6.92 Å². The van der Waals surface area contributed by atoms with Crippen LogP contribution in [-0.4, -0.2) is 25.9 Å². The van der Waals surface area contributed by atoms with Crippen molar-refractivity contribution in [2.24, 2.45) is 0 Å². The third-order valence-corrected chi connectivity index (χ3v) is 5.17. The van der Waals surface area contributed by atoms with E-state index in [1.807, 2.05) is 42.6 Å². The molecule has 0 N–H and O–H groups in total. The standard InChI is InChI=1S/C20H17N5O2S/c1-14-13-28-20(21-14)25(15-7-3-2-4-8-15)18(26)11-12-24-19(27)16-9-5-6-10-17(16)22-23-24/h2-10,13H,11-12H2,1H3. The monoisotopic (exact) mass is 391 g/mol. The SMILES string of the molecule is Cc1csc(N(C(=O)CCn2nnc3ccccc3c2=O)c2ccccc2)n1. The number of anilines is 2. The molecule has 4 rings (SSSR count). The van der Waals surface area contributed by atoms with Crippen LogP contribution in [0.25, 0.3) is 10.9 Å². The summed E-state index contributed by atoms with van der Waals surface area (Å²) in [5.41, 5.74) is 1.87. The minimum atomic E-state index is -0.255. The van der Waals surface area contributed by atoms with Gasteiger partial charge < -0.3 is 0 Å². The summed E-state index contributed by atoms with van der Waals surface area (Å²) in [5, 5.41) is 11.0. The predicted octanol–water partition coefficient (Wildman–Crippen LogP) is 3.31. The smallest absolute Gasteiger partial charge is 0.274 e. The lowest BCUT2D eigenvalue weighted by molar-refractivity contribution is -0.118. The number of para-hydroxylation sites is 1. The Morgan fingerprint density at radius 2 is 1.86 bits per heavy atom. The fraction of sp³-hybridized carbons (Fsp3) is 0.150. The van der Waals surface area contributed by atoms with Crippen molar-refractivity contribution >= 4 is 39.0 Å². The molecule has 0 radical (unpaired) electrons. The van der Waals surface area contributed by atoms with Crippen LogP contribution in [-0.2, 0) is 11.3 Å². The van der Waals surface area contributed by atoms with Crippen molar-refractivity contribution in [1.29, 1.82) is 0 Å². The first-order valence-corrected chi connectivity index (χ1v) is 9.64. The molecule has 28 heavy (non-hydrogen) atoms. The van der Waals surface area contributed by atoms with Gasteiger partial charge in [-0.05, 0) is 31.2 Å². The predicted molar refractivity (Wildman–Crippen MR) is 109 cm³/mol. The molecule has 2 aromatic carbocycles. The maximum absolute atomic E-state index is 13.0. The molecular formula is C20H17N5O2S. The normalized spacial score (nSPS) is 10.9. The number of rotatable bonds is 5. The molecule has 0 aliphatic carbocycles. The second-order valence-corrected chi connectivity index (χ2v) is 7.06. The van der Waals surface area contributed by atoms with E-state index in [4.69, 9.17) is 0 Å². The molecule has 7 nitrogen and oxygen atoms in total. The number of amides is 1. The molecule has 140 valence electrons. The molecule has 0 bridgehead atoms. The Labute approximate surface area is 164 Å². The lowest BCUT2D eigenvalue weighted by Crippen LogP contribution is -2.30. The Kier molecular flexibility index (Phi) is 4.94. The number of thiazole rings is 1. The number of hydrogen-bond donors (Lipinski definition) is 0. The van der Waals surface area contributed by atoms with Gasteiger partial charge in [0.05, 0.1) is 23.3 Å². The van der Waals surface area contributed by atoms with E-state index in [2.05, 4.69) is 15.3 Å². The van der Waals surface area contributed by atoms with Crippen LogP contribution in [0.1, 0.15) is 12.1 Å². The second-order valence-electron chi connectivity index (χ2n) is 6.22. The molecule has 4 aromatic rings. The average Bonchev–Trinajstić information content (AvgIpc) is 3.14. The molecule has 0 saturated heterocycles. The molecule has 0 atom stereocenters. The average molecular weight is 391 g/mol.